The lowest BCUT2D eigenvalue weighted by Gasteiger charge is -2.54. The van der Waals surface area contributed by atoms with Crippen molar-refractivity contribution in [3.8, 4) is 5.75 Å². The number of rotatable bonds is 2. The van der Waals surface area contributed by atoms with Crippen molar-refractivity contribution in [1.82, 2.24) is 4.72 Å². The lowest BCUT2D eigenvalue weighted by molar-refractivity contribution is -0.137. The van der Waals surface area contributed by atoms with E-state index in [1.54, 1.807) is 0 Å². The van der Waals surface area contributed by atoms with Crippen molar-refractivity contribution in [2.75, 3.05) is 6.61 Å². The zero-order valence-corrected chi connectivity index (χ0v) is 20.5. The molecule has 0 amide bonds. The molecule has 0 radical (unpaired) electrons. The van der Waals surface area contributed by atoms with E-state index < -0.39 is 87.3 Å². The number of sulfone groups is 1. The Morgan fingerprint density at radius 3 is 2.30 bits per heavy atom. The highest BCUT2D eigenvalue weighted by Gasteiger charge is 2.64. The van der Waals surface area contributed by atoms with Crippen LogP contribution in [0.25, 0.3) is 0 Å². The van der Waals surface area contributed by atoms with Gasteiger partial charge in [-0.1, -0.05) is 7.43 Å². The molecule has 2 heterocycles. The van der Waals surface area contributed by atoms with Gasteiger partial charge in [-0.2, -0.15) is 13.2 Å². The van der Waals surface area contributed by atoms with Gasteiger partial charge >= 0.3 is 6.18 Å². The average molecular weight is 568 g/mol. The van der Waals surface area contributed by atoms with E-state index in [2.05, 4.69) is 4.72 Å². The molecule has 2 aromatic rings. The molecule has 0 unspecified atom stereocenters. The first kappa shape index (κ1) is 27.8. The molecule has 1 aliphatic carbocycles. The van der Waals surface area contributed by atoms with E-state index >= 15 is 4.39 Å². The van der Waals surface area contributed by atoms with Gasteiger partial charge < -0.3 is 4.74 Å². The van der Waals surface area contributed by atoms with E-state index in [-0.39, 0.29) is 33.3 Å². The minimum Gasteiger partial charge on any atom is -0.490 e. The summed E-state index contributed by atoms with van der Waals surface area (Å²) in [6.07, 6.45) is -4.92. The highest BCUT2D eigenvalue weighted by atomic mass is 32.2. The average Bonchev–Trinajstić information content (AvgIpc) is 2.81. The first-order chi connectivity index (χ1) is 16.7. The van der Waals surface area contributed by atoms with Crippen LogP contribution < -0.4 is 9.46 Å². The van der Waals surface area contributed by atoms with Gasteiger partial charge in [0.2, 0.25) is 10.0 Å². The maximum Gasteiger partial charge on any atom is 0.416 e. The largest absolute Gasteiger partial charge is 0.490 e. The predicted octanol–water partition coefficient (Wildman–Crippen LogP) is 4.79. The van der Waals surface area contributed by atoms with Gasteiger partial charge in [-0.25, -0.2) is 30.3 Å². The van der Waals surface area contributed by atoms with Gasteiger partial charge in [-0.05, 0) is 68.5 Å². The SMILES string of the molecule is C.C[C@H]1C[C@H]2[C@H](CC[C@]3(S(=O)(=O)c4ccc(C(F)(F)F)cc4)c4c(F)ccc(F)c4OC[C@H]23)NS1(=O)=O. The number of ether oxygens (including phenoxy) is 1. The zero-order valence-electron chi connectivity index (χ0n) is 18.8. The molecular formula is C24H26F5NO5S2. The molecule has 5 rings (SSSR count). The summed E-state index contributed by atoms with van der Waals surface area (Å²) in [5.41, 5.74) is -1.56. The third-order valence-corrected chi connectivity index (χ3v) is 12.2. The Balaban J connectivity index is 0.00000320. The van der Waals surface area contributed by atoms with E-state index in [4.69, 9.17) is 4.74 Å². The summed E-state index contributed by atoms with van der Waals surface area (Å²) < 4.78 is 129. The quantitative estimate of drug-likeness (QED) is 0.528. The summed E-state index contributed by atoms with van der Waals surface area (Å²) in [6.45, 7) is 1.14. The summed E-state index contributed by atoms with van der Waals surface area (Å²) in [4.78, 5) is -0.472. The number of alkyl halides is 3. The minimum absolute atomic E-state index is 0. The standard InChI is InChI=1S/C23H22F5NO5S2.CH4/c1-12-10-15-16-11-34-21-18(25)7-6-17(24)20(21)22(16,9-8-19(15)29-36(12,32)33)35(30,31)14-4-2-13(3-5-14)23(26,27)28;/h2-7,12,15-16,19,29H,8-11H2,1H3;1H4/t12-,15+,16+,19-,22+;/m0./s1. The third-order valence-electron chi connectivity index (χ3n) is 7.77. The van der Waals surface area contributed by atoms with Gasteiger partial charge in [0.15, 0.2) is 21.4 Å². The van der Waals surface area contributed by atoms with Gasteiger partial charge in [-0.3, -0.25) is 0 Å². The molecule has 2 aliphatic heterocycles. The second-order valence-electron chi connectivity index (χ2n) is 9.58. The van der Waals surface area contributed by atoms with Crippen LogP contribution in [0, 0.1) is 23.5 Å². The van der Waals surface area contributed by atoms with Crippen LogP contribution in [0.15, 0.2) is 41.3 Å². The van der Waals surface area contributed by atoms with Crippen LogP contribution in [-0.4, -0.2) is 34.7 Å². The third kappa shape index (κ3) is 4.04. The number of sulfonamides is 1. The summed E-state index contributed by atoms with van der Waals surface area (Å²) >= 11 is 0. The number of hydrogen-bond acceptors (Lipinski definition) is 5. The van der Waals surface area contributed by atoms with Crippen molar-refractivity contribution < 1.29 is 43.5 Å². The Kier molecular flexibility index (Phi) is 6.69. The molecule has 6 nitrogen and oxygen atoms in total. The number of halogens is 5. The van der Waals surface area contributed by atoms with E-state index in [1.807, 2.05) is 0 Å². The number of nitrogens with one attached hydrogen (secondary N) is 1. The Labute approximate surface area is 212 Å². The van der Waals surface area contributed by atoms with Crippen LogP contribution in [0.4, 0.5) is 22.0 Å². The minimum atomic E-state index is -4.70. The van der Waals surface area contributed by atoms with Crippen LogP contribution in [0.3, 0.4) is 0 Å². The van der Waals surface area contributed by atoms with E-state index in [0.717, 1.165) is 24.3 Å². The number of hydrogen-bond donors (Lipinski definition) is 1. The molecule has 13 heteroatoms. The molecule has 0 aromatic heterocycles. The molecule has 37 heavy (non-hydrogen) atoms. The maximum absolute atomic E-state index is 15.4. The van der Waals surface area contributed by atoms with Crippen molar-refractivity contribution in [3.05, 3.63) is 59.2 Å². The maximum atomic E-state index is 15.4. The summed E-state index contributed by atoms with van der Waals surface area (Å²) in [7, 11) is -8.28. The molecule has 0 bridgehead atoms. The van der Waals surface area contributed by atoms with Gasteiger partial charge in [0.05, 0.1) is 27.9 Å². The normalized spacial score (nSPS) is 30.6. The molecule has 0 spiro atoms. The number of fused-ring (bicyclic) bond motifs is 5. The molecular weight excluding hydrogens is 541 g/mol. The fraction of sp³-hybridized carbons (Fsp3) is 0.500. The summed E-state index contributed by atoms with van der Waals surface area (Å²) in [5, 5.41) is -0.873. The molecule has 204 valence electrons. The molecule has 1 saturated heterocycles. The van der Waals surface area contributed by atoms with Crippen molar-refractivity contribution in [1.29, 1.82) is 0 Å². The fourth-order valence-electron chi connectivity index (χ4n) is 6.02. The topological polar surface area (TPSA) is 89.5 Å². The van der Waals surface area contributed by atoms with Crippen molar-refractivity contribution in [3.63, 3.8) is 0 Å². The summed E-state index contributed by atoms with van der Waals surface area (Å²) in [5.74, 6) is -4.12. The van der Waals surface area contributed by atoms with E-state index in [9.17, 15) is 34.4 Å². The van der Waals surface area contributed by atoms with Crippen molar-refractivity contribution in [2.24, 2.45) is 11.8 Å². The monoisotopic (exact) mass is 567 g/mol. The van der Waals surface area contributed by atoms with Gasteiger partial charge in [0, 0.05) is 12.0 Å². The molecule has 1 N–H and O–H groups in total. The van der Waals surface area contributed by atoms with E-state index in [1.165, 1.54) is 6.92 Å². The van der Waals surface area contributed by atoms with Crippen LogP contribution in [0.2, 0.25) is 0 Å². The first-order valence-electron chi connectivity index (χ1n) is 11.2. The number of benzene rings is 2. The van der Waals surface area contributed by atoms with Crippen molar-refractivity contribution in [2.45, 2.75) is 60.7 Å². The van der Waals surface area contributed by atoms with Crippen LogP contribution >= 0.6 is 0 Å². The fourth-order valence-corrected chi connectivity index (χ4v) is 9.84. The van der Waals surface area contributed by atoms with Crippen LogP contribution in [-0.2, 0) is 30.8 Å². The second kappa shape index (κ2) is 8.91. The second-order valence-corrected chi connectivity index (χ2v) is 13.9. The smallest absolute Gasteiger partial charge is 0.416 e. The van der Waals surface area contributed by atoms with Gasteiger partial charge in [0.1, 0.15) is 10.6 Å². The van der Waals surface area contributed by atoms with E-state index in [0.29, 0.717) is 12.1 Å². The molecule has 2 fully saturated rings. The predicted molar refractivity (Wildman–Crippen MR) is 125 cm³/mol. The Morgan fingerprint density at radius 1 is 1.05 bits per heavy atom. The highest BCUT2D eigenvalue weighted by Crippen LogP contribution is 2.59. The first-order valence-corrected chi connectivity index (χ1v) is 14.3. The van der Waals surface area contributed by atoms with Gasteiger partial charge in [0.25, 0.3) is 0 Å². The summed E-state index contributed by atoms with van der Waals surface area (Å²) in [6, 6.07) is 3.85. The molecule has 5 atom stereocenters. The molecule has 1 saturated carbocycles. The zero-order chi connectivity index (χ0) is 26.3. The Hall–Kier alpha value is -2.25. The van der Waals surface area contributed by atoms with Crippen LogP contribution in [0.1, 0.15) is 44.7 Å². The van der Waals surface area contributed by atoms with Crippen molar-refractivity contribution >= 4 is 19.9 Å². The Morgan fingerprint density at radius 2 is 1.68 bits per heavy atom. The van der Waals surface area contributed by atoms with Crippen LogP contribution in [0.5, 0.6) is 5.75 Å². The van der Waals surface area contributed by atoms with Gasteiger partial charge in [-0.15, -0.1) is 0 Å². The lowest BCUT2D eigenvalue weighted by Crippen LogP contribution is -2.63. The Bertz CT molecular complexity index is 1430. The highest BCUT2D eigenvalue weighted by molar-refractivity contribution is 7.92. The lowest BCUT2D eigenvalue weighted by atomic mass is 9.64. The molecule has 2 aromatic carbocycles. The molecule has 3 aliphatic rings.